The summed E-state index contributed by atoms with van der Waals surface area (Å²) in [7, 11) is 0. The minimum atomic E-state index is 0.916. The predicted octanol–water partition coefficient (Wildman–Crippen LogP) is 14.4. The average molecular weight is 670 g/mol. The van der Waals surface area contributed by atoms with Crippen LogP contribution in [0.25, 0.3) is 75.5 Å². The van der Waals surface area contributed by atoms with Crippen LogP contribution >= 0.6 is 11.3 Å². The summed E-state index contributed by atoms with van der Waals surface area (Å²) in [6.07, 6.45) is 0. The third kappa shape index (κ3) is 5.10. The smallest absolute Gasteiger partial charge is 0.144 e. The lowest BCUT2D eigenvalue weighted by Crippen LogP contribution is -2.09. The molecule has 0 amide bonds. The van der Waals surface area contributed by atoms with Crippen molar-refractivity contribution >= 4 is 70.5 Å². The first-order valence-corrected chi connectivity index (χ1v) is 18.1. The van der Waals surface area contributed by atoms with Gasteiger partial charge in [-0.15, -0.1) is 11.3 Å². The predicted molar refractivity (Wildman–Crippen MR) is 218 cm³/mol. The molecule has 0 saturated heterocycles. The van der Waals surface area contributed by atoms with Gasteiger partial charge in [-0.3, -0.25) is 0 Å². The quantitative estimate of drug-likeness (QED) is 0.175. The highest BCUT2D eigenvalue weighted by Gasteiger charge is 2.20. The van der Waals surface area contributed by atoms with Crippen LogP contribution in [-0.2, 0) is 0 Å². The van der Waals surface area contributed by atoms with Gasteiger partial charge in [0.15, 0.2) is 0 Å². The number of hydrogen-bond donors (Lipinski definition) is 0. The van der Waals surface area contributed by atoms with Gasteiger partial charge in [-0.2, -0.15) is 0 Å². The van der Waals surface area contributed by atoms with Crippen molar-refractivity contribution in [3.8, 4) is 33.4 Å². The third-order valence-corrected chi connectivity index (χ3v) is 11.1. The lowest BCUT2D eigenvalue weighted by atomic mass is 9.98. The van der Waals surface area contributed by atoms with Gasteiger partial charge < -0.3 is 9.32 Å². The number of rotatable bonds is 6. The fourth-order valence-electron chi connectivity index (χ4n) is 7.38. The number of fused-ring (bicyclic) bond motifs is 7. The van der Waals surface area contributed by atoms with Gasteiger partial charge in [-0.05, 0) is 82.4 Å². The van der Waals surface area contributed by atoms with E-state index in [1.807, 2.05) is 11.3 Å². The lowest BCUT2D eigenvalue weighted by Gasteiger charge is -2.26. The summed E-state index contributed by atoms with van der Waals surface area (Å²) in [5, 5.41) is 4.91. The van der Waals surface area contributed by atoms with E-state index in [0.29, 0.717) is 0 Å². The van der Waals surface area contributed by atoms with Crippen LogP contribution in [0.15, 0.2) is 192 Å². The molecule has 0 aliphatic carbocycles. The van der Waals surface area contributed by atoms with Crippen molar-refractivity contribution in [2.75, 3.05) is 4.90 Å². The van der Waals surface area contributed by atoms with Crippen molar-refractivity contribution < 1.29 is 4.42 Å². The Balaban J connectivity index is 1.11. The molecule has 8 aromatic carbocycles. The largest absolute Gasteiger partial charge is 0.455 e. The second-order valence-corrected chi connectivity index (χ2v) is 14.0. The maximum absolute atomic E-state index is 6.65. The summed E-state index contributed by atoms with van der Waals surface area (Å²) in [6.45, 7) is 0. The minimum Gasteiger partial charge on any atom is -0.455 e. The van der Waals surface area contributed by atoms with Gasteiger partial charge in [0.2, 0.25) is 0 Å². The number of nitrogens with zero attached hydrogens (tertiary/aromatic N) is 1. The molecule has 0 unspecified atom stereocenters. The van der Waals surface area contributed by atoms with Crippen LogP contribution in [0.1, 0.15) is 0 Å². The monoisotopic (exact) mass is 669 g/mol. The highest BCUT2D eigenvalue weighted by Crippen LogP contribution is 2.47. The summed E-state index contributed by atoms with van der Waals surface area (Å²) in [5.41, 5.74) is 12.2. The molecule has 10 aromatic rings. The maximum Gasteiger partial charge on any atom is 0.144 e. The molecule has 2 heterocycles. The highest BCUT2D eigenvalue weighted by atomic mass is 32.1. The van der Waals surface area contributed by atoms with Crippen LogP contribution in [0.4, 0.5) is 17.1 Å². The molecule has 51 heavy (non-hydrogen) atoms. The summed E-state index contributed by atoms with van der Waals surface area (Å²) >= 11 is 1.85. The molecule has 0 N–H and O–H groups in total. The van der Waals surface area contributed by atoms with E-state index in [0.717, 1.165) is 44.7 Å². The number of benzene rings is 8. The van der Waals surface area contributed by atoms with Crippen molar-refractivity contribution in [1.29, 1.82) is 0 Å². The molecule has 0 fully saturated rings. The summed E-state index contributed by atoms with van der Waals surface area (Å²) < 4.78 is 9.22. The van der Waals surface area contributed by atoms with E-state index in [1.165, 1.54) is 47.8 Å². The first-order chi connectivity index (χ1) is 25.3. The van der Waals surface area contributed by atoms with Gasteiger partial charge in [-0.1, -0.05) is 133 Å². The molecule has 10 rings (SSSR count). The Bertz CT molecular complexity index is 2730. The van der Waals surface area contributed by atoms with E-state index in [-0.39, 0.29) is 0 Å². The Hall–Kier alpha value is -6.42. The Morgan fingerprint density at radius 3 is 1.45 bits per heavy atom. The molecular weight excluding hydrogens is 639 g/mol. The number of anilines is 3. The Morgan fingerprint density at radius 1 is 0.392 bits per heavy atom. The molecule has 0 radical (unpaired) electrons. The first-order valence-electron chi connectivity index (χ1n) is 17.3. The van der Waals surface area contributed by atoms with Gasteiger partial charge in [0.25, 0.3) is 0 Å². The molecule has 2 nitrogen and oxygen atoms in total. The topological polar surface area (TPSA) is 16.4 Å². The Labute approximate surface area is 300 Å². The van der Waals surface area contributed by atoms with E-state index in [4.69, 9.17) is 4.42 Å². The van der Waals surface area contributed by atoms with Crippen LogP contribution in [0, 0.1) is 0 Å². The van der Waals surface area contributed by atoms with Crippen molar-refractivity contribution in [2.45, 2.75) is 0 Å². The molecule has 0 saturated carbocycles. The fourth-order valence-corrected chi connectivity index (χ4v) is 8.62. The van der Waals surface area contributed by atoms with Crippen LogP contribution in [0.3, 0.4) is 0 Å². The van der Waals surface area contributed by atoms with Crippen molar-refractivity contribution in [1.82, 2.24) is 0 Å². The van der Waals surface area contributed by atoms with E-state index in [1.54, 1.807) is 0 Å². The van der Waals surface area contributed by atoms with Crippen LogP contribution in [0.2, 0.25) is 0 Å². The van der Waals surface area contributed by atoms with E-state index in [9.17, 15) is 0 Å². The van der Waals surface area contributed by atoms with E-state index < -0.39 is 0 Å². The minimum absolute atomic E-state index is 0.916. The first kappa shape index (κ1) is 29.5. The van der Waals surface area contributed by atoms with Gasteiger partial charge in [-0.25, -0.2) is 0 Å². The lowest BCUT2D eigenvalue weighted by molar-refractivity contribution is 0.670. The molecule has 0 spiro atoms. The normalized spacial score (nSPS) is 11.5. The number of para-hydroxylation sites is 1. The van der Waals surface area contributed by atoms with Crippen molar-refractivity contribution in [3.05, 3.63) is 188 Å². The summed E-state index contributed by atoms with van der Waals surface area (Å²) in [5.74, 6) is 0. The molecule has 0 aliphatic rings. The van der Waals surface area contributed by atoms with Gasteiger partial charge in [0, 0.05) is 53.6 Å². The van der Waals surface area contributed by atoms with Gasteiger partial charge in [0.05, 0.1) is 0 Å². The molecule has 0 aliphatic heterocycles. The highest BCUT2D eigenvalue weighted by molar-refractivity contribution is 7.26. The van der Waals surface area contributed by atoms with Crippen LogP contribution in [0.5, 0.6) is 0 Å². The SMILES string of the molecule is c1ccc(-c2ccc(N(c3ccc(-c4ccccc4)cc3)c3ccc(-c4cc5c6ccccc6sc5c5c4oc4ccccc45)cc3)cc2)cc1. The zero-order chi connectivity index (χ0) is 33.7. The second-order valence-electron chi connectivity index (χ2n) is 12.9. The van der Waals surface area contributed by atoms with E-state index in [2.05, 4.69) is 193 Å². The van der Waals surface area contributed by atoms with Crippen LogP contribution in [-0.4, -0.2) is 0 Å². The second kappa shape index (κ2) is 12.2. The Morgan fingerprint density at radius 2 is 0.863 bits per heavy atom. The fraction of sp³-hybridized carbons (Fsp3) is 0. The van der Waals surface area contributed by atoms with Gasteiger partial charge in [0.1, 0.15) is 11.2 Å². The van der Waals surface area contributed by atoms with Crippen molar-refractivity contribution in [3.63, 3.8) is 0 Å². The Kier molecular flexibility index (Phi) is 7.04. The molecule has 240 valence electrons. The molecule has 2 aromatic heterocycles. The molecule has 0 bridgehead atoms. The third-order valence-electron chi connectivity index (χ3n) is 9.89. The van der Waals surface area contributed by atoms with Crippen LogP contribution < -0.4 is 4.90 Å². The maximum atomic E-state index is 6.65. The average Bonchev–Trinajstić information content (AvgIpc) is 3.78. The number of thiophene rings is 1. The zero-order valence-corrected chi connectivity index (χ0v) is 28.5. The number of hydrogen-bond acceptors (Lipinski definition) is 3. The van der Waals surface area contributed by atoms with Gasteiger partial charge >= 0.3 is 0 Å². The van der Waals surface area contributed by atoms with Crippen molar-refractivity contribution in [2.24, 2.45) is 0 Å². The molecule has 3 heteroatoms. The zero-order valence-electron chi connectivity index (χ0n) is 27.7. The summed E-state index contributed by atoms with van der Waals surface area (Å²) in [4.78, 5) is 2.33. The summed E-state index contributed by atoms with van der Waals surface area (Å²) in [6, 6.07) is 67.2. The molecular formula is C48H31NOS. The standard InChI is InChI=1S/C48H31NOS/c1-3-11-32(12-4-1)34-19-25-37(26-20-34)49(38-27-21-35(22-28-38)33-13-5-2-6-14-33)39-29-23-36(24-30-39)42-31-43-40-15-8-10-18-45(40)51-48(43)46-41-16-7-9-17-44(41)50-47(42)46/h1-31H. The molecule has 0 atom stereocenters. The van der Waals surface area contributed by atoms with E-state index >= 15 is 0 Å². The number of furan rings is 1.